The number of aliphatic hydroxyl groups excluding tert-OH is 1. The Balaban J connectivity index is 5.23. The fourth-order valence-electron chi connectivity index (χ4n) is 13.4. The third-order valence-corrected chi connectivity index (χ3v) is 22.0. The van der Waals surface area contributed by atoms with Crippen LogP contribution in [0.15, 0.2) is 0 Å². The van der Waals surface area contributed by atoms with E-state index in [1.54, 1.807) is 0 Å². The van der Waals surface area contributed by atoms with Crippen molar-refractivity contribution in [3.8, 4) is 0 Å². The molecule has 0 aromatic rings. The van der Waals surface area contributed by atoms with E-state index in [0.29, 0.717) is 25.7 Å². The Morgan fingerprint density at radius 1 is 0.257 bits per heavy atom. The van der Waals surface area contributed by atoms with Gasteiger partial charge < -0.3 is 33.8 Å². The number of carbonyl (C=O) groups excluding carboxylic acids is 4. The van der Waals surface area contributed by atoms with Gasteiger partial charge in [0.25, 0.3) is 0 Å². The molecule has 0 bridgehead atoms. The van der Waals surface area contributed by atoms with Crippen molar-refractivity contribution in [2.45, 2.75) is 471 Å². The molecule has 5 atom stereocenters. The first kappa shape index (κ1) is 103. The standard InChI is InChI=1S/C86H168O17P2/c1-8-9-10-11-12-13-14-15-16-17-18-19-20-21-22-23-28-34-39-48-55-62-69-85(90)102-81(73-96-83(88)67-60-53-46-38-33-29-24-26-31-36-43-50-57-64-77(2)3)75-100-104(92,93)98-71-80(87)72-99-105(94,95)101-76-82(74-97-84(89)68-61-54-47-42-41-45-52-59-66-79(6)7)103-86(91)70-63-56-49-40-35-30-25-27-32-37-44-51-58-65-78(4)5/h77-82,87H,8-76H2,1-7H3,(H,92,93)(H,94,95)/t80-,81-,82-/m1/s1. The lowest BCUT2D eigenvalue weighted by Crippen LogP contribution is -2.30. The van der Waals surface area contributed by atoms with Crippen LogP contribution in [-0.4, -0.2) is 96.7 Å². The number of unbranched alkanes of at least 4 members (excludes halogenated alkanes) is 52. The van der Waals surface area contributed by atoms with E-state index in [1.165, 1.54) is 263 Å². The number of ether oxygens (including phenoxy) is 4. The summed E-state index contributed by atoms with van der Waals surface area (Å²) in [5.74, 6) is 0.198. The third kappa shape index (κ3) is 79.9. The largest absolute Gasteiger partial charge is 0.472 e. The van der Waals surface area contributed by atoms with Crippen molar-refractivity contribution < 1.29 is 80.2 Å². The fourth-order valence-corrected chi connectivity index (χ4v) is 14.9. The Morgan fingerprint density at radius 3 is 0.648 bits per heavy atom. The molecule has 624 valence electrons. The molecule has 0 fully saturated rings. The third-order valence-electron chi connectivity index (χ3n) is 20.1. The molecule has 0 aliphatic carbocycles. The van der Waals surface area contributed by atoms with Crippen LogP contribution in [0.2, 0.25) is 0 Å². The smallest absolute Gasteiger partial charge is 0.462 e. The minimum absolute atomic E-state index is 0.107. The van der Waals surface area contributed by atoms with Crippen LogP contribution in [0.4, 0.5) is 0 Å². The van der Waals surface area contributed by atoms with Gasteiger partial charge in [-0.1, -0.05) is 402 Å². The summed E-state index contributed by atoms with van der Waals surface area (Å²) in [7, 11) is -9.93. The monoisotopic (exact) mass is 1540 g/mol. The molecule has 3 N–H and O–H groups in total. The van der Waals surface area contributed by atoms with Gasteiger partial charge in [-0.15, -0.1) is 0 Å². The first-order valence-corrected chi connectivity index (χ1v) is 47.3. The van der Waals surface area contributed by atoms with Crippen LogP contribution in [-0.2, 0) is 65.4 Å². The molecule has 0 saturated heterocycles. The predicted octanol–water partition coefficient (Wildman–Crippen LogP) is 26.1. The molecule has 0 aliphatic heterocycles. The molecule has 19 heteroatoms. The van der Waals surface area contributed by atoms with E-state index in [-0.39, 0.29) is 25.7 Å². The molecule has 105 heavy (non-hydrogen) atoms. The van der Waals surface area contributed by atoms with Crippen molar-refractivity contribution in [1.29, 1.82) is 0 Å². The van der Waals surface area contributed by atoms with Gasteiger partial charge >= 0.3 is 39.5 Å². The summed E-state index contributed by atoms with van der Waals surface area (Å²) in [6, 6.07) is 0. The SMILES string of the molecule is CCCCCCCCCCCCCCCCCCCCCCCCC(=O)O[C@H](COC(=O)CCCCCCCCCCCCCCCC(C)C)COP(=O)(O)OC[C@@H](O)COP(=O)(O)OC[C@@H](COC(=O)CCCCCCCCCCC(C)C)OC(=O)CCCCCCCCCCCCCCCC(C)C. The molecule has 0 amide bonds. The Hall–Kier alpha value is -1.94. The lowest BCUT2D eigenvalue weighted by atomic mass is 10.0. The van der Waals surface area contributed by atoms with Gasteiger partial charge in [0.1, 0.15) is 19.3 Å². The zero-order valence-electron chi connectivity index (χ0n) is 69.2. The highest BCUT2D eigenvalue weighted by atomic mass is 31.2. The average molecular weight is 1540 g/mol. The zero-order chi connectivity index (χ0) is 77.2. The van der Waals surface area contributed by atoms with Gasteiger partial charge in [-0.2, -0.15) is 0 Å². The molecule has 0 heterocycles. The summed E-state index contributed by atoms with van der Waals surface area (Å²) in [5.41, 5.74) is 0. The van der Waals surface area contributed by atoms with Gasteiger partial charge in [-0.25, -0.2) is 9.13 Å². The molecule has 0 aromatic heterocycles. The van der Waals surface area contributed by atoms with Crippen LogP contribution >= 0.6 is 15.6 Å². The van der Waals surface area contributed by atoms with Crippen molar-refractivity contribution in [3.63, 3.8) is 0 Å². The molecule has 0 spiro atoms. The van der Waals surface area contributed by atoms with E-state index in [4.69, 9.17) is 37.0 Å². The average Bonchev–Trinajstić information content (AvgIpc) is 1.50. The topological polar surface area (TPSA) is 237 Å². The highest BCUT2D eigenvalue weighted by molar-refractivity contribution is 7.47. The number of phosphoric ester groups is 2. The van der Waals surface area contributed by atoms with Crippen molar-refractivity contribution in [1.82, 2.24) is 0 Å². The van der Waals surface area contributed by atoms with E-state index < -0.39 is 97.5 Å². The van der Waals surface area contributed by atoms with E-state index in [9.17, 15) is 43.2 Å². The zero-order valence-corrected chi connectivity index (χ0v) is 71.0. The second-order valence-electron chi connectivity index (χ2n) is 32.4. The quantitative estimate of drug-likeness (QED) is 0.0222. The van der Waals surface area contributed by atoms with Crippen LogP contribution in [0.1, 0.15) is 453 Å². The Labute approximate surface area is 645 Å². The molecule has 17 nitrogen and oxygen atoms in total. The highest BCUT2D eigenvalue weighted by Gasteiger charge is 2.30. The molecule has 0 radical (unpaired) electrons. The van der Waals surface area contributed by atoms with Gasteiger partial charge in [-0.3, -0.25) is 37.3 Å². The summed E-state index contributed by atoms with van der Waals surface area (Å²) < 4.78 is 68.9. The highest BCUT2D eigenvalue weighted by Crippen LogP contribution is 2.45. The van der Waals surface area contributed by atoms with Gasteiger partial charge in [0, 0.05) is 25.7 Å². The van der Waals surface area contributed by atoms with Crippen LogP contribution in [0.25, 0.3) is 0 Å². The normalized spacial score (nSPS) is 13.9. The summed E-state index contributed by atoms with van der Waals surface area (Å²) in [6.07, 6.45) is 66.8. The summed E-state index contributed by atoms with van der Waals surface area (Å²) in [6.45, 7) is 12.0. The summed E-state index contributed by atoms with van der Waals surface area (Å²) in [5, 5.41) is 10.7. The summed E-state index contributed by atoms with van der Waals surface area (Å²) >= 11 is 0. The molecule has 0 aromatic carbocycles. The fraction of sp³-hybridized carbons (Fsp3) is 0.953. The number of phosphoric acid groups is 2. The molecule has 0 aliphatic rings. The molecule has 2 unspecified atom stereocenters. The minimum Gasteiger partial charge on any atom is -0.462 e. The number of hydrogen-bond acceptors (Lipinski definition) is 15. The lowest BCUT2D eigenvalue weighted by molar-refractivity contribution is -0.161. The Bertz CT molecular complexity index is 2030. The molecular formula is C86H168O17P2. The molecule has 0 saturated carbocycles. The van der Waals surface area contributed by atoms with Crippen molar-refractivity contribution in [2.24, 2.45) is 17.8 Å². The second-order valence-corrected chi connectivity index (χ2v) is 35.3. The molecule has 0 rings (SSSR count). The maximum Gasteiger partial charge on any atom is 0.472 e. The minimum atomic E-state index is -4.97. The summed E-state index contributed by atoms with van der Waals surface area (Å²) in [4.78, 5) is 73.2. The predicted molar refractivity (Wildman–Crippen MR) is 432 cm³/mol. The van der Waals surface area contributed by atoms with E-state index in [2.05, 4.69) is 48.5 Å². The van der Waals surface area contributed by atoms with Crippen LogP contribution < -0.4 is 0 Å². The van der Waals surface area contributed by atoms with Crippen LogP contribution in [0.3, 0.4) is 0 Å². The van der Waals surface area contributed by atoms with Crippen molar-refractivity contribution in [2.75, 3.05) is 39.6 Å². The maximum absolute atomic E-state index is 13.1. The van der Waals surface area contributed by atoms with Crippen LogP contribution in [0, 0.1) is 17.8 Å². The number of rotatable bonds is 84. The van der Waals surface area contributed by atoms with Gasteiger partial charge in [0.2, 0.25) is 0 Å². The van der Waals surface area contributed by atoms with Gasteiger partial charge in [0.05, 0.1) is 26.4 Å². The van der Waals surface area contributed by atoms with E-state index in [0.717, 1.165) is 108 Å². The lowest BCUT2D eigenvalue weighted by Gasteiger charge is -2.21. The number of hydrogen-bond donors (Lipinski definition) is 3. The Morgan fingerprint density at radius 2 is 0.438 bits per heavy atom. The number of carbonyl (C=O) groups is 4. The van der Waals surface area contributed by atoms with Gasteiger partial charge in [-0.05, 0) is 43.4 Å². The second kappa shape index (κ2) is 76.1. The first-order chi connectivity index (χ1) is 50.7. The van der Waals surface area contributed by atoms with E-state index >= 15 is 0 Å². The number of esters is 4. The number of aliphatic hydroxyl groups is 1. The molecular weight excluding hydrogens is 1370 g/mol. The van der Waals surface area contributed by atoms with Crippen LogP contribution in [0.5, 0.6) is 0 Å². The maximum atomic E-state index is 13.1. The Kier molecular flexibility index (Phi) is 74.7. The van der Waals surface area contributed by atoms with Gasteiger partial charge in [0.15, 0.2) is 12.2 Å². The van der Waals surface area contributed by atoms with E-state index in [1.807, 2.05) is 0 Å². The van der Waals surface area contributed by atoms with Crippen molar-refractivity contribution >= 4 is 39.5 Å². The first-order valence-electron chi connectivity index (χ1n) is 44.3. The van der Waals surface area contributed by atoms with Crippen molar-refractivity contribution in [3.05, 3.63) is 0 Å².